The predicted molar refractivity (Wildman–Crippen MR) is 89.9 cm³/mol. The molecule has 5 heteroatoms. The lowest BCUT2D eigenvalue weighted by Gasteiger charge is -2.21. The molecule has 1 spiro atoms. The highest BCUT2D eigenvalue weighted by Crippen LogP contribution is 2.50. The minimum absolute atomic E-state index is 0.0517. The number of anilines is 1. The maximum absolute atomic E-state index is 13.0. The largest absolute Gasteiger partial charge is 0.309 e. The minimum atomic E-state index is -0.822. The van der Waals surface area contributed by atoms with Gasteiger partial charge >= 0.3 is 0 Å². The number of nitrogens with one attached hydrogen (secondary N) is 1. The number of hydrazone groups is 1. The molecule has 1 atom stereocenters. The molecule has 2 aliphatic rings. The van der Waals surface area contributed by atoms with Gasteiger partial charge in [-0.2, -0.15) is 5.10 Å². The number of hydrogen-bond acceptors (Lipinski definition) is 4. The zero-order chi connectivity index (χ0) is 15.2. The number of carbonyl (C=O) groups excluding carboxylic acids is 1. The highest BCUT2D eigenvalue weighted by Gasteiger charge is 2.54. The summed E-state index contributed by atoms with van der Waals surface area (Å²) in [5.74, 6) is 0.0517. The number of likely N-dealkylation sites (N-methyl/N-ethyl adjacent to an activating group) is 1. The number of carbonyl (C=O) groups is 1. The van der Waals surface area contributed by atoms with Crippen LogP contribution < -0.4 is 10.3 Å². The first kappa shape index (κ1) is 13.4. The number of amides is 1. The maximum atomic E-state index is 13.0. The normalized spacial score (nSPS) is 22.7. The zero-order valence-electron chi connectivity index (χ0n) is 12.1. The van der Waals surface area contributed by atoms with Gasteiger partial charge in [0.15, 0.2) is 0 Å². The number of para-hydroxylation sites is 1. The van der Waals surface area contributed by atoms with Crippen molar-refractivity contribution in [2.45, 2.75) is 11.8 Å². The molecule has 0 aromatic heterocycles. The smallest absolute Gasteiger partial charge is 0.269 e. The Labute approximate surface area is 133 Å². The minimum Gasteiger partial charge on any atom is -0.309 e. The Morgan fingerprint density at radius 2 is 1.86 bits per heavy atom. The molecular weight excluding hydrogens is 294 g/mol. The summed E-state index contributed by atoms with van der Waals surface area (Å²) in [5.41, 5.74) is 6.09. The molecule has 0 saturated carbocycles. The molecule has 1 N–H and O–H groups in total. The summed E-state index contributed by atoms with van der Waals surface area (Å²) in [4.78, 5) is 14.0. The van der Waals surface area contributed by atoms with Crippen molar-refractivity contribution >= 4 is 28.4 Å². The Kier molecular flexibility index (Phi) is 2.97. The van der Waals surface area contributed by atoms with Crippen LogP contribution in [0, 0.1) is 0 Å². The lowest BCUT2D eigenvalue weighted by molar-refractivity contribution is -0.121. The van der Waals surface area contributed by atoms with Crippen LogP contribution in [-0.4, -0.2) is 17.5 Å². The third kappa shape index (κ3) is 1.72. The second kappa shape index (κ2) is 4.88. The van der Waals surface area contributed by atoms with E-state index in [2.05, 4.69) is 10.5 Å². The van der Waals surface area contributed by atoms with Crippen molar-refractivity contribution in [3.8, 4) is 0 Å². The fourth-order valence-corrected chi connectivity index (χ4v) is 4.17. The molecule has 110 valence electrons. The van der Waals surface area contributed by atoms with E-state index in [4.69, 9.17) is 0 Å². The summed E-state index contributed by atoms with van der Waals surface area (Å²) in [5, 5.41) is 5.29. The van der Waals surface area contributed by atoms with Crippen molar-refractivity contribution in [3.05, 3.63) is 65.7 Å². The van der Waals surface area contributed by atoms with Gasteiger partial charge < -0.3 is 4.90 Å². The van der Waals surface area contributed by atoms with Crippen molar-refractivity contribution in [1.29, 1.82) is 0 Å². The van der Waals surface area contributed by atoms with Crippen LogP contribution in [0.25, 0.3) is 0 Å². The monoisotopic (exact) mass is 309 g/mol. The van der Waals surface area contributed by atoms with Crippen molar-refractivity contribution in [2.24, 2.45) is 5.10 Å². The Balaban J connectivity index is 1.77. The summed E-state index contributed by atoms with van der Waals surface area (Å²) >= 11 is 1.49. The molecule has 2 aromatic carbocycles. The zero-order valence-corrected chi connectivity index (χ0v) is 12.9. The summed E-state index contributed by atoms with van der Waals surface area (Å²) in [6.07, 6.45) is 0. The third-order valence-electron chi connectivity index (χ3n) is 4.02. The van der Waals surface area contributed by atoms with Gasteiger partial charge in [0.05, 0.1) is 5.69 Å². The Bertz CT molecular complexity index is 774. The van der Waals surface area contributed by atoms with Crippen molar-refractivity contribution in [1.82, 2.24) is 5.43 Å². The molecule has 22 heavy (non-hydrogen) atoms. The average Bonchev–Trinajstić information content (AvgIpc) is 3.11. The van der Waals surface area contributed by atoms with E-state index >= 15 is 0 Å². The van der Waals surface area contributed by atoms with Gasteiger partial charge in [-0.15, -0.1) is 0 Å². The highest BCUT2D eigenvalue weighted by atomic mass is 32.2. The van der Waals surface area contributed by atoms with E-state index in [0.29, 0.717) is 6.54 Å². The first-order valence-corrected chi connectivity index (χ1v) is 8.08. The number of benzene rings is 2. The first-order chi connectivity index (χ1) is 10.8. The molecule has 0 aliphatic carbocycles. The summed E-state index contributed by atoms with van der Waals surface area (Å²) in [6, 6.07) is 17.9. The number of fused-ring (bicyclic) bond motifs is 2. The van der Waals surface area contributed by atoms with Gasteiger partial charge in [0.25, 0.3) is 5.91 Å². The van der Waals surface area contributed by atoms with Gasteiger partial charge in [-0.25, -0.2) is 0 Å². The second-order valence-electron chi connectivity index (χ2n) is 5.24. The molecular formula is C17H15N3OS. The molecule has 4 nitrogen and oxygen atoms in total. The van der Waals surface area contributed by atoms with E-state index in [1.54, 1.807) is 0 Å². The quantitative estimate of drug-likeness (QED) is 0.928. The molecule has 0 radical (unpaired) electrons. The molecule has 0 bridgehead atoms. The Hall–Kier alpha value is -2.27. The van der Waals surface area contributed by atoms with Crippen LogP contribution in [-0.2, 0) is 9.67 Å². The number of rotatable bonds is 2. The van der Waals surface area contributed by atoms with Crippen molar-refractivity contribution in [2.75, 3.05) is 11.4 Å². The number of hydrogen-bond donors (Lipinski definition) is 1. The van der Waals surface area contributed by atoms with Gasteiger partial charge in [0, 0.05) is 17.7 Å². The predicted octanol–water partition coefficient (Wildman–Crippen LogP) is 2.90. The first-order valence-electron chi connectivity index (χ1n) is 7.27. The molecule has 0 fully saturated rings. The number of nitrogens with zero attached hydrogens (tertiary/aromatic N) is 2. The van der Waals surface area contributed by atoms with Crippen molar-refractivity contribution in [3.63, 3.8) is 0 Å². The van der Waals surface area contributed by atoms with Crippen LogP contribution in [0.3, 0.4) is 0 Å². The van der Waals surface area contributed by atoms with Gasteiger partial charge in [-0.1, -0.05) is 60.3 Å². The SMILES string of the molecule is CCN1C(=O)[C@@]2(NN=C(c3ccccc3)S2)c2ccccc21. The lowest BCUT2D eigenvalue weighted by Crippen LogP contribution is -2.44. The molecule has 0 unspecified atom stereocenters. The topological polar surface area (TPSA) is 44.7 Å². The van der Waals surface area contributed by atoms with Crippen LogP contribution in [0.4, 0.5) is 5.69 Å². The van der Waals surface area contributed by atoms with Crippen LogP contribution in [0.1, 0.15) is 18.1 Å². The van der Waals surface area contributed by atoms with E-state index in [1.165, 1.54) is 11.8 Å². The molecule has 4 rings (SSSR count). The van der Waals surface area contributed by atoms with E-state index in [-0.39, 0.29) is 5.91 Å². The summed E-state index contributed by atoms with van der Waals surface area (Å²) in [7, 11) is 0. The van der Waals surface area contributed by atoms with E-state index in [0.717, 1.165) is 21.9 Å². The van der Waals surface area contributed by atoms with E-state index < -0.39 is 4.87 Å². The van der Waals surface area contributed by atoms with Crippen molar-refractivity contribution < 1.29 is 4.79 Å². The standard InChI is InChI=1S/C17H15N3OS/c1-2-20-14-11-7-6-10-13(14)17(16(20)21)19-18-15(22-17)12-8-4-3-5-9-12/h3-11,19H,2H2,1H3/t17-/m1/s1. The molecule has 2 aromatic rings. The van der Waals surface area contributed by atoms with E-state index in [1.807, 2.05) is 66.4 Å². The van der Waals surface area contributed by atoms with Crippen LogP contribution in [0.15, 0.2) is 59.7 Å². The number of thioether (sulfide) groups is 1. The average molecular weight is 309 g/mol. The van der Waals surface area contributed by atoms with Gasteiger partial charge in [-0.3, -0.25) is 10.2 Å². The van der Waals surface area contributed by atoms with Gasteiger partial charge in [0.1, 0.15) is 5.04 Å². The second-order valence-corrected chi connectivity index (χ2v) is 6.45. The Morgan fingerprint density at radius 1 is 1.14 bits per heavy atom. The summed E-state index contributed by atoms with van der Waals surface area (Å²) in [6.45, 7) is 2.65. The molecule has 1 amide bonds. The summed E-state index contributed by atoms with van der Waals surface area (Å²) < 4.78 is 0. The lowest BCUT2D eigenvalue weighted by atomic mass is 10.1. The molecule has 2 heterocycles. The highest BCUT2D eigenvalue weighted by molar-refractivity contribution is 8.16. The van der Waals surface area contributed by atoms with Crippen LogP contribution in [0.5, 0.6) is 0 Å². The molecule has 0 saturated heterocycles. The van der Waals surface area contributed by atoms with E-state index in [9.17, 15) is 4.79 Å². The van der Waals surface area contributed by atoms with Gasteiger partial charge in [-0.05, 0) is 13.0 Å². The fraction of sp³-hybridized carbons (Fsp3) is 0.176. The maximum Gasteiger partial charge on any atom is 0.269 e. The van der Waals surface area contributed by atoms with Crippen LogP contribution in [0.2, 0.25) is 0 Å². The Morgan fingerprint density at radius 3 is 2.64 bits per heavy atom. The van der Waals surface area contributed by atoms with Crippen LogP contribution >= 0.6 is 11.8 Å². The fourth-order valence-electron chi connectivity index (χ4n) is 2.97. The molecule has 2 aliphatic heterocycles. The third-order valence-corrected chi connectivity index (χ3v) is 5.33. The van der Waals surface area contributed by atoms with Gasteiger partial charge in [0.2, 0.25) is 4.87 Å².